The number of hydrogen-bond acceptors (Lipinski definition) is 5. The highest BCUT2D eigenvalue weighted by atomic mass is 19.1. The number of amides is 2. The van der Waals surface area contributed by atoms with E-state index in [9.17, 15) is 14.0 Å². The summed E-state index contributed by atoms with van der Waals surface area (Å²) in [5.74, 6) is 0.779. The number of piperidine rings is 1. The van der Waals surface area contributed by atoms with Gasteiger partial charge in [0.1, 0.15) is 23.4 Å². The maximum absolute atomic E-state index is 13.3. The van der Waals surface area contributed by atoms with Gasteiger partial charge >= 0.3 is 0 Å². The molecule has 0 spiro atoms. The predicted molar refractivity (Wildman–Crippen MR) is 124 cm³/mol. The van der Waals surface area contributed by atoms with Crippen LogP contribution in [0.25, 0.3) is 0 Å². The first-order valence-electron chi connectivity index (χ1n) is 11.7. The monoisotopic (exact) mass is 470 g/mol. The number of nitrogens with zero attached hydrogens (tertiary/aromatic N) is 2. The van der Waals surface area contributed by atoms with Crippen LogP contribution in [-0.2, 0) is 20.7 Å². The van der Waals surface area contributed by atoms with Gasteiger partial charge in [0.05, 0.1) is 26.7 Å². The first kappa shape index (κ1) is 24.0. The number of carbonyl (C=O) groups excluding carboxylic acids is 2. The van der Waals surface area contributed by atoms with Crippen molar-refractivity contribution in [2.24, 2.45) is 5.92 Å². The van der Waals surface area contributed by atoms with Crippen molar-refractivity contribution >= 4 is 11.8 Å². The number of likely N-dealkylation sites (tertiary alicyclic amines) is 1. The molecule has 0 bridgehead atoms. The van der Waals surface area contributed by atoms with Gasteiger partial charge in [0.15, 0.2) is 0 Å². The Labute approximate surface area is 199 Å². The summed E-state index contributed by atoms with van der Waals surface area (Å²) in [5, 5.41) is 0. The van der Waals surface area contributed by atoms with E-state index in [4.69, 9.17) is 14.2 Å². The van der Waals surface area contributed by atoms with Crippen molar-refractivity contribution < 1.29 is 28.2 Å². The summed E-state index contributed by atoms with van der Waals surface area (Å²) in [6.07, 6.45) is 0.864. The number of rotatable bonds is 7. The SMILES string of the molecule is COc1ccccc1CC(=O)N1CC[C@H](Oc2ccc(F)cc2)[C@@H](CC(=O)N2CCOCC2)C1. The summed E-state index contributed by atoms with van der Waals surface area (Å²) < 4.78 is 30.2. The van der Waals surface area contributed by atoms with Crippen LogP contribution < -0.4 is 9.47 Å². The molecule has 2 aromatic carbocycles. The minimum Gasteiger partial charge on any atom is -0.496 e. The van der Waals surface area contributed by atoms with Crippen molar-refractivity contribution in [2.75, 3.05) is 46.5 Å². The Morgan fingerprint density at radius 3 is 2.47 bits per heavy atom. The van der Waals surface area contributed by atoms with Crippen LogP contribution in [0.4, 0.5) is 4.39 Å². The summed E-state index contributed by atoms with van der Waals surface area (Å²) in [5.41, 5.74) is 0.834. The Morgan fingerprint density at radius 2 is 1.74 bits per heavy atom. The molecule has 0 saturated carbocycles. The molecular weight excluding hydrogens is 439 g/mol. The minimum absolute atomic E-state index is 0.00597. The Balaban J connectivity index is 1.46. The molecule has 34 heavy (non-hydrogen) atoms. The average molecular weight is 471 g/mol. The number of ether oxygens (including phenoxy) is 3. The van der Waals surface area contributed by atoms with Crippen LogP contribution in [0.3, 0.4) is 0 Å². The van der Waals surface area contributed by atoms with Gasteiger partial charge in [0.2, 0.25) is 11.8 Å². The van der Waals surface area contributed by atoms with Crippen molar-refractivity contribution in [3.05, 3.63) is 59.9 Å². The highest BCUT2D eigenvalue weighted by Crippen LogP contribution is 2.28. The van der Waals surface area contributed by atoms with Crippen molar-refractivity contribution in [3.8, 4) is 11.5 Å². The normalized spacial score (nSPS) is 20.6. The zero-order valence-corrected chi connectivity index (χ0v) is 19.5. The van der Waals surface area contributed by atoms with E-state index in [1.807, 2.05) is 34.1 Å². The van der Waals surface area contributed by atoms with Crippen molar-refractivity contribution in [3.63, 3.8) is 0 Å². The fourth-order valence-electron chi connectivity index (χ4n) is 4.57. The van der Waals surface area contributed by atoms with E-state index in [1.165, 1.54) is 12.1 Å². The minimum atomic E-state index is -0.330. The molecule has 4 rings (SSSR count). The maximum Gasteiger partial charge on any atom is 0.227 e. The number of benzene rings is 2. The van der Waals surface area contributed by atoms with Crippen LogP contribution in [0.15, 0.2) is 48.5 Å². The fraction of sp³-hybridized carbons (Fsp3) is 0.462. The Hall–Kier alpha value is -3.13. The molecule has 2 amide bonds. The first-order valence-corrected chi connectivity index (χ1v) is 11.7. The predicted octanol–water partition coefficient (Wildman–Crippen LogP) is 2.92. The molecule has 7 nitrogen and oxygen atoms in total. The van der Waals surface area contributed by atoms with E-state index >= 15 is 0 Å². The molecule has 2 saturated heterocycles. The Morgan fingerprint density at radius 1 is 1.00 bits per heavy atom. The molecule has 2 atom stereocenters. The van der Waals surface area contributed by atoms with Crippen LogP contribution in [-0.4, -0.2) is 74.2 Å². The van der Waals surface area contributed by atoms with Crippen LogP contribution in [0.1, 0.15) is 18.4 Å². The molecule has 8 heteroatoms. The van der Waals surface area contributed by atoms with Gasteiger partial charge in [-0.3, -0.25) is 9.59 Å². The zero-order valence-electron chi connectivity index (χ0n) is 19.5. The molecule has 2 heterocycles. The van der Waals surface area contributed by atoms with Crippen molar-refractivity contribution in [2.45, 2.75) is 25.4 Å². The largest absolute Gasteiger partial charge is 0.496 e. The van der Waals surface area contributed by atoms with Crippen molar-refractivity contribution in [1.82, 2.24) is 9.80 Å². The summed E-state index contributed by atoms with van der Waals surface area (Å²) in [6, 6.07) is 13.4. The first-order chi connectivity index (χ1) is 16.5. The highest BCUT2D eigenvalue weighted by molar-refractivity contribution is 5.80. The van der Waals surface area contributed by atoms with Crippen LogP contribution >= 0.6 is 0 Å². The third-order valence-corrected chi connectivity index (χ3v) is 6.45. The van der Waals surface area contributed by atoms with Crippen LogP contribution in [0.5, 0.6) is 11.5 Å². The third kappa shape index (κ3) is 6.05. The highest BCUT2D eigenvalue weighted by Gasteiger charge is 2.35. The van der Waals surface area contributed by atoms with Gasteiger partial charge in [-0.05, 0) is 30.3 Å². The zero-order chi connectivity index (χ0) is 23.9. The molecule has 2 aromatic rings. The fourth-order valence-corrected chi connectivity index (χ4v) is 4.57. The summed E-state index contributed by atoms with van der Waals surface area (Å²) >= 11 is 0. The number of carbonyl (C=O) groups is 2. The van der Waals surface area contributed by atoms with Gasteiger partial charge < -0.3 is 24.0 Å². The van der Waals surface area contributed by atoms with E-state index in [0.29, 0.717) is 57.3 Å². The topological polar surface area (TPSA) is 68.3 Å². The number of hydrogen-bond donors (Lipinski definition) is 0. The lowest BCUT2D eigenvalue weighted by Crippen LogP contribution is -2.50. The summed E-state index contributed by atoms with van der Waals surface area (Å²) in [6.45, 7) is 3.18. The molecule has 0 N–H and O–H groups in total. The van der Waals surface area contributed by atoms with E-state index in [0.717, 1.165) is 5.56 Å². The van der Waals surface area contributed by atoms with E-state index in [2.05, 4.69) is 0 Å². The lowest BCUT2D eigenvalue weighted by atomic mass is 9.90. The van der Waals surface area contributed by atoms with Gasteiger partial charge in [-0.15, -0.1) is 0 Å². The number of methoxy groups -OCH3 is 1. The second kappa shape index (κ2) is 11.3. The lowest BCUT2D eigenvalue weighted by Gasteiger charge is -2.39. The molecule has 2 aliphatic rings. The molecule has 182 valence electrons. The Bertz CT molecular complexity index is 977. The smallest absolute Gasteiger partial charge is 0.227 e. The molecule has 0 radical (unpaired) electrons. The van der Waals surface area contributed by atoms with E-state index < -0.39 is 0 Å². The molecule has 2 fully saturated rings. The average Bonchev–Trinajstić information content (AvgIpc) is 2.87. The second-order valence-corrected chi connectivity index (χ2v) is 8.68. The number of halogens is 1. The van der Waals surface area contributed by atoms with Gasteiger partial charge in [0.25, 0.3) is 0 Å². The number of para-hydroxylation sites is 1. The van der Waals surface area contributed by atoms with Gasteiger partial charge in [-0.2, -0.15) is 0 Å². The quantitative estimate of drug-likeness (QED) is 0.623. The van der Waals surface area contributed by atoms with Crippen LogP contribution in [0, 0.1) is 11.7 Å². The van der Waals surface area contributed by atoms with Gasteiger partial charge in [-0.25, -0.2) is 4.39 Å². The molecular formula is C26H31FN2O5. The van der Waals surface area contributed by atoms with Gasteiger partial charge in [0, 0.05) is 50.5 Å². The van der Waals surface area contributed by atoms with E-state index in [1.54, 1.807) is 19.2 Å². The molecule has 2 aliphatic heterocycles. The summed E-state index contributed by atoms with van der Waals surface area (Å²) in [7, 11) is 1.59. The lowest BCUT2D eigenvalue weighted by molar-refractivity contribution is -0.141. The second-order valence-electron chi connectivity index (χ2n) is 8.68. The summed E-state index contributed by atoms with van der Waals surface area (Å²) in [4.78, 5) is 29.8. The standard InChI is InChI=1S/C26H31FN2O5/c1-32-23-5-3-2-4-19(23)16-26(31)29-11-10-24(34-22-8-6-21(27)7-9-22)20(18-29)17-25(30)28-12-14-33-15-13-28/h2-9,20,24H,10-18H2,1H3/t20-,24-/m0/s1. The maximum atomic E-state index is 13.3. The van der Waals surface area contributed by atoms with Crippen molar-refractivity contribution in [1.29, 1.82) is 0 Å². The molecule has 0 unspecified atom stereocenters. The van der Waals surface area contributed by atoms with E-state index in [-0.39, 0.29) is 42.5 Å². The van der Waals surface area contributed by atoms with Gasteiger partial charge in [-0.1, -0.05) is 18.2 Å². The Kier molecular flexibility index (Phi) is 8.00. The number of morpholine rings is 1. The molecule has 0 aromatic heterocycles. The molecule has 0 aliphatic carbocycles. The third-order valence-electron chi connectivity index (χ3n) is 6.45. The van der Waals surface area contributed by atoms with Crippen LogP contribution in [0.2, 0.25) is 0 Å².